The lowest BCUT2D eigenvalue weighted by Crippen LogP contribution is -2.10. The molecule has 2 nitrogen and oxygen atoms in total. The molecule has 0 aliphatic heterocycles. The van der Waals surface area contributed by atoms with Crippen LogP contribution in [0, 0.1) is 3.57 Å². The highest BCUT2D eigenvalue weighted by Gasteiger charge is 2.12. The third-order valence-electron chi connectivity index (χ3n) is 2.57. The van der Waals surface area contributed by atoms with Gasteiger partial charge in [0.2, 0.25) is 0 Å². The number of rotatable bonds is 3. The monoisotopic (exact) mass is 327 g/mol. The summed E-state index contributed by atoms with van der Waals surface area (Å²) in [6.07, 6.45) is 0.902. The Morgan fingerprint density at radius 2 is 1.88 bits per heavy atom. The van der Waals surface area contributed by atoms with Crippen molar-refractivity contribution in [3.8, 4) is 0 Å². The van der Waals surface area contributed by atoms with E-state index in [0.717, 1.165) is 23.5 Å². The van der Waals surface area contributed by atoms with Crippen molar-refractivity contribution in [2.24, 2.45) is 5.73 Å². The maximum atomic E-state index is 6.14. The molecule has 1 aromatic heterocycles. The van der Waals surface area contributed by atoms with E-state index in [1.54, 1.807) is 0 Å². The van der Waals surface area contributed by atoms with Gasteiger partial charge in [-0.15, -0.1) is 0 Å². The first kappa shape index (κ1) is 11.7. The number of halogens is 1. The van der Waals surface area contributed by atoms with Crippen LogP contribution in [0.5, 0.6) is 0 Å². The number of benzene rings is 1. The summed E-state index contributed by atoms with van der Waals surface area (Å²) < 4.78 is 6.86. The van der Waals surface area contributed by atoms with Crippen LogP contribution in [-0.2, 0) is 6.42 Å². The van der Waals surface area contributed by atoms with Crippen LogP contribution in [0.4, 0.5) is 0 Å². The predicted octanol–water partition coefficient (Wildman–Crippen LogP) is 3.49. The number of furan rings is 1. The molecule has 1 atom stereocenters. The topological polar surface area (TPSA) is 39.2 Å². The van der Waals surface area contributed by atoms with E-state index in [9.17, 15) is 0 Å². The maximum Gasteiger partial charge on any atom is 0.125 e. The quantitative estimate of drug-likeness (QED) is 0.877. The first-order valence-electron chi connectivity index (χ1n) is 5.30. The molecule has 0 saturated carbocycles. The van der Waals surface area contributed by atoms with Crippen molar-refractivity contribution < 1.29 is 4.42 Å². The summed E-state index contributed by atoms with van der Waals surface area (Å²) in [6.45, 7) is 2.07. The predicted molar refractivity (Wildman–Crippen MR) is 73.3 cm³/mol. The van der Waals surface area contributed by atoms with Crippen LogP contribution in [-0.4, -0.2) is 0 Å². The zero-order chi connectivity index (χ0) is 11.5. The molecule has 3 heteroatoms. The van der Waals surface area contributed by atoms with E-state index in [1.807, 2.05) is 24.3 Å². The number of nitrogens with two attached hydrogens (primary N) is 1. The molecule has 0 aliphatic carbocycles. The van der Waals surface area contributed by atoms with E-state index in [0.29, 0.717) is 0 Å². The Hall–Kier alpha value is -0.810. The van der Waals surface area contributed by atoms with Gasteiger partial charge in [-0.3, -0.25) is 0 Å². The Morgan fingerprint density at radius 1 is 1.19 bits per heavy atom. The number of hydrogen-bond donors (Lipinski definition) is 1. The SMILES string of the molecule is CCc1ccc(C(N)c2ccc(I)cc2)o1. The molecule has 2 rings (SSSR count). The van der Waals surface area contributed by atoms with Gasteiger partial charge in [0.05, 0.1) is 6.04 Å². The minimum absolute atomic E-state index is 0.169. The lowest BCUT2D eigenvalue weighted by molar-refractivity contribution is 0.454. The lowest BCUT2D eigenvalue weighted by atomic mass is 10.1. The third-order valence-corrected chi connectivity index (χ3v) is 3.29. The Balaban J connectivity index is 2.24. The fraction of sp³-hybridized carbons (Fsp3) is 0.231. The minimum atomic E-state index is -0.169. The number of aryl methyl sites for hydroxylation is 1. The molecule has 0 bridgehead atoms. The highest BCUT2D eigenvalue weighted by Crippen LogP contribution is 2.22. The average molecular weight is 327 g/mol. The molecule has 2 aromatic rings. The van der Waals surface area contributed by atoms with Gasteiger partial charge in [-0.05, 0) is 52.4 Å². The zero-order valence-electron chi connectivity index (χ0n) is 9.11. The molecule has 0 amide bonds. The van der Waals surface area contributed by atoms with E-state index in [2.05, 4.69) is 41.6 Å². The third kappa shape index (κ3) is 2.47. The molecule has 16 heavy (non-hydrogen) atoms. The van der Waals surface area contributed by atoms with Gasteiger partial charge in [-0.2, -0.15) is 0 Å². The summed E-state index contributed by atoms with van der Waals surface area (Å²) in [4.78, 5) is 0. The summed E-state index contributed by atoms with van der Waals surface area (Å²) in [6, 6.07) is 12.0. The molecule has 0 radical (unpaired) electrons. The van der Waals surface area contributed by atoms with Crippen LogP contribution in [0.3, 0.4) is 0 Å². The van der Waals surface area contributed by atoms with Gasteiger partial charge in [0.1, 0.15) is 11.5 Å². The second kappa shape index (κ2) is 5.01. The second-order valence-electron chi connectivity index (χ2n) is 3.69. The Morgan fingerprint density at radius 3 is 2.44 bits per heavy atom. The normalized spacial score (nSPS) is 12.7. The summed E-state index contributed by atoms with van der Waals surface area (Å²) in [5.41, 5.74) is 7.22. The first-order chi connectivity index (χ1) is 7.70. The fourth-order valence-corrected chi connectivity index (χ4v) is 1.95. The Kier molecular flexibility index (Phi) is 3.66. The Bertz CT molecular complexity index is 461. The minimum Gasteiger partial charge on any atom is -0.464 e. The summed E-state index contributed by atoms with van der Waals surface area (Å²) in [5, 5.41) is 0. The van der Waals surface area contributed by atoms with Crippen molar-refractivity contribution in [3.63, 3.8) is 0 Å². The molecule has 0 fully saturated rings. The largest absolute Gasteiger partial charge is 0.464 e. The van der Waals surface area contributed by atoms with Crippen molar-refractivity contribution >= 4 is 22.6 Å². The second-order valence-corrected chi connectivity index (χ2v) is 4.93. The summed E-state index contributed by atoms with van der Waals surface area (Å²) in [5.74, 6) is 1.81. The van der Waals surface area contributed by atoms with E-state index in [-0.39, 0.29) is 6.04 Å². The molecular weight excluding hydrogens is 313 g/mol. The van der Waals surface area contributed by atoms with Gasteiger partial charge in [0.25, 0.3) is 0 Å². The molecule has 2 N–H and O–H groups in total. The van der Waals surface area contributed by atoms with Crippen LogP contribution < -0.4 is 5.73 Å². The van der Waals surface area contributed by atoms with Crippen molar-refractivity contribution in [1.29, 1.82) is 0 Å². The van der Waals surface area contributed by atoms with Crippen LogP contribution in [0.1, 0.15) is 30.0 Å². The van der Waals surface area contributed by atoms with Gasteiger partial charge in [-0.25, -0.2) is 0 Å². The van der Waals surface area contributed by atoms with Crippen LogP contribution >= 0.6 is 22.6 Å². The van der Waals surface area contributed by atoms with Gasteiger partial charge < -0.3 is 10.2 Å². The van der Waals surface area contributed by atoms with E-state index >= 15 is 0 Å². The highest BCUT2D eigenvalue weighted by molar-refractivity contribution is 14.1. The van der Waals surface area contributed by atoms with Crippen LogP contribution in [0.2, 0.25) is 0 Å². The highest BCUT2D eigenvalue weighted by atomic mass is 127. The summed E-state index contributed by atoms with van der Waals surface area (Å²) >= 11 is 2.28. The van der Waals surface area contributed by atoms with E-state index in [4.69, 9.17) is 10.2 Å². The molecule has 0 spiro atoms. The van der Waals surface area contributed by atoms with Crippen molar-refractivity contribution in [3.05, 3.63) is 57.1 Å². The van der Waals surface area contributed by atoms with Gasteiger partial charge in [0.15, 0.2) is 0 Å². The van der Waals surface area contributed by atoms with Crippen LogP contribution in [0.15, 0.2) is 40.8 Å². The standard InChI is InChI=1S/C13H14INO/c1-2-11-7-8-12(16-11)13(15)9-3-5-10(14)6-4-9/h3-8,13H,2,15H2,1H3. The lowest BCUT2D eigenvalue weighted by Gasteiger charge is -2.09. The Labute approximate surface area is 109 Å². The van der Waals surface area contributed by atoms with Crippen LogP contribution in [0.25, 0.3) is 0 Å². The van der Waals surface area contributed by atoms with Crippen molar-refractivity contribution in [2.75, 3.05) is 0 Å². The summed E-state index contributed by atoms with van der Waals surface area (Å²) in [7, 11) is 0. The van der Waals surface area contributed by atoms with Crippen molar-refractivity contribution in [2.45, 2.75) is 19.4 Å². The van der Waals surface area contributed by atoms with Gasteiger partial charge in [-0.1, -0.05) is 19.1 Å². The van der Waals surface area contributed by atoms with Gasteiger partial charge in [0, 0.05) is 9.99 Å². The van der Waals surface area contributed by atoms with E-state index < -0.39 is 0 Å². The zero-order valence-corrected chi connectivity index (χ0v) is 11.3. The van der Waals surface area contributed by atoms with Crippen molar-refractivity contribution in [1.82, 2.24) is 0 Å². The maximum absolute atomic E-state index is 6.14. The molecule has 1 heterocycles. The first-order valence-corrected chi connectivity index (χ1v) is 6.38. The fourth-order valence-electron chi connectivity index (χ4n) is 1.59. The van der Waals surface area contributed by atoms with Gasteiger partial charge >= 0.3 is 0 Å². The molecule has 1 unspecified atom stereocenters. The molecule has 84 valence electrons. The molecule has 0 saturated heterocycles. The van der Waals surface area contributed by atoms with E-state index in [1.165, 1.54) is 3.57 Å². The molecule has 1 aromatic carbocycles. The molecular formula is C13H14INO. The molecule has 0 aliphatic rings. The number of hydrogen-bond acceptors (Lipinski definition) is 2. The smallest absolute Gasteiger partial charge is 0.125 e. The average Bonchev–Trinajstić information content (AvgIpc) is 2.77.